The van der Waals surface area contributed by atoms with E-state index >= 15 is 0 Å². The molecule has 1 aromatic carbocycles. The number of hydrogen-bond acceptors (Lipinski definition) is 3. The van der Waals surface area contributed by atoms with Crippen LogP contribution in [0.3, 0.4) is 0 Å². The standard InChI is InChI=1S/C13H13N3O3/c1-8-5-9(3-4-10(8)13(18)19)15-12(17)11-6-16(2)7-14-11/h3-7H,1-2H3,(H,15,17)(H,18,19). The molecule has 19 heavy (non-hydrogen) atoms. The summed E-state index contributed by atoms with van der Waals surface area (Å²) in [4.78, 5) is 26.7. The number of aryl methyl sites for hydroxylation is 2. The summed E-state index contributed by atoms with van der Waals surface area (Å²) in [7, 11) is 1.77. The van der Waals surface area contributed by atoms with E-state index in [-0.39, 0.29) is 11.5 Å². The summed E-state index contributed by atoms with van der Waals surface area (Å²) in [5.74, 6) is -1.32. The Morgan fingerprint density at radius 3 is 2.63 bits per heavy atom. The molecule has 98 valence electrons. The second-order valence-electron chi connectivity index (χ2n) is 4.21. The van der Waals surface area contributed by atoms with Crippen molar-refractivity contribution >= 4 is 17.6 Å². The van der Waals surface area contributed by atoms with Crippen LogP contribution < -0.4 is 5.32 Å². The van der Waals surface area contributed by atoms with E-state index in [0.29, 0.717) is 16.9 Å². The number of aromatic carboxylic acids is 1. The molecule has 0 bridgehead atoms. The highest BCUT2D eigenvalue weighted by molar-refractivity contribution is 6.03. The molecule has 1 heterocycles. The summed E-state index contributed by atoms with van der Waals surface area (Å²) in [5, 5.41) is 11.6. The first kappa shape index (κ1) is 12.8. The number of benzene rings is 1. The number of carbonyl (C=O) groups excluding carboxylic acids is 1. The summed E-state index contributed by atoms with van der Waals surface area (Å²) >= 11 is 0. The lowest BCUT2D eigenvalue weighted by molar-refractivity contribution is 0.0696. The van der Waals surface area contributed by atoms with E-state index in [9.17, 15) is 9.59 Å². The molecule has 6 heteroatoms. The lowest BCUT2D eigenvalue weighted by atomic mass is 10.1. The Kier molecular flexibility index (Phi) is 3.33. The zero-order valence-electron chi connectivity index (χ0n) is 10.5. The Labute approximate surface area is 109 Å². The van der Waals surface area contributed by atoms with Gasteiger partial charge in [0.2, 0.25) is 0 Å². The molecular weight excluding hydrogens is 246 g/mol. The summed E-state index contributed by atoms with van der Waals surface area (Å²) in [6, 6.07) is 4.63. The van der Waals surface area contributed by atoms with Crippen LogP contribution in [0.4, 0.5) is 5.69 Å². The smallest absolute Gasteiger partial charge is 0.335 e. The van der Waals surface area contributed by atoms with E-state index in [1.54, 1.807) is 36.9 Å². The van der Waals surface area contributed by atoms with Gasteiger partial charge in [0.25, 0.3) is 5.91 Å². The van der Waals surface area contributed by atoms with Crippen LogP contribution >= 0.6 is 0 Å². The molecular formula is C13H13N3O3. The summed E-state index contributed by atoms with van der Waals surface area (Å²) < 4.78 is 1.67. The fraction of sp³-hybridized carbons (Fsp3) is 0.154. The summed E-state index contributed by atoms with van der Waals surface area (Å²) in [6.07, 6.45) is 3.14. The van der Waals surface area contributed by atoms with E-state index in [2.05, 4.69) is 10.3 Å². The fourth-order valence-electron chi connectivity index (χ4n) is 1.71. The minimum Gasteiger partial charge on any atom is -0.478 e. The summed E-state index contributed by atoms with van der Waals surface area (Å²) in [5.41, 5.74) is 1.66. The van der Waals surface area contributed by atoms with Crippen LogP contribution in [-0.4, -0.2) is 26.5 Å². The quantitative estimate of drug-likeness (QED) is 0.878. The number of amides is 1. The summed E-state index contributed by atoms with van der Waals surface area (Å²) in [6.45, 7) is 1.68. The Morgan fingerprint density at radius 2 is 2.11 bits per heavy atom. The first-order chi connectivity index (χ1) is 8.97. The van der Waals surface area contributed by atoms with Crippen LogP contribution in [0.25, 0.3) is 0 Å². The first-order valence-corrected chi connectivity index (χ1v) is 5.60. The number of rotatable bonds is 3. The zero-order valence-corrected chi connectivity index (χ0v) is 10.5. The molecule has 0 atom stereocenters. The van der Waals surface area contributed by atoms with Crippen molar-refractivity contribution in [1.82, 2.24) is 9.55 Å². The molecule has 2 aromatic rings. The maximum atomic E-state index is 11.9. The molecule has 0 aliphatic carbocycles. The van der Waals surface area contributed by atoms with Crippen LogP contribution in [0.2, 0.25) is 0 Å². The number of hydrogen-bond donors (Lipinski definition) is 2. The van der Waals surface area contributed by atoms with E-state index in [4.69, 9.17) is 5.11 Å². The fourth-order valence-corrected chi connectivity index (χ4v) is 1.71. The van der Waals surface area contributed by atoms with Crippen molar-refractivity contribution in [1.29, 1.82) is 0 Å². The van der Waals surface area contributed by atoms with Gasteiger partial charge in [-0.1, -0.05) is 0 Å². The average Bonchev–Trinajstić information content (AvgIpc) is 2.75. The number of carboxylic acids is 1. The van der Waals surface area contributed by atoms with Crippen molar-refractivity contribution in [2.24, 2.45) is 7.05 Å². The molecule has 1 amide bonds. The molecule has 0 unspecified atom stereocenters. The van der Waals surface area contributed by atoms with Gasteiger partial charge >= 0.3 is 5.97 Å². The molecule has 2 N–H and O–H groups in total. The molecule has 0 spiro atoms. The van der Waals surface area contributed by atoms with Crippen molar-refractivity contribution in [2.45, 2.75) is 6.92 Å². The van der Waals surface area contributed by atoms with Crippen LogP contribution in [0.15, 0.2) is 30.7 Å². The third-order valence-corrected chi connectivity index (χ3v) is 2.65. The molecule has 0 saturated heterocycles. The van der Waals surface area contributed by atoms with Gasteiger partial charge in [-0.15, -0.1) is 0 Å². The van der Waals surface area contributed by atoms with Gasteiger partial charge in [-0.05, 0) is 30.7 Å². The number of nitrogens with zero attached hydrogens (tertiary/aromatic N) is 2. The Bertz CT molecular complexity index is 646. The number of carboxylic acid groups (broad SMARTS) is 1. The molecule has 0 radical (unpaired) electrons. The third kappa shape index (κ3) is 2.79. The Hall–Kier alpha value is -2.63. The van der Waals surface area contributed by atoms with Gasteiger partial charge in [-0.2, -0.15) is 0 Å². The minimum absolute atomic E-state index is 0.218. The number of imidazole rings is 1. The van der Waals surface area contributed by atoms with Crippen LogP contribution in [-0.2, 0) is 7.05 Å². The molecule has 0 saturated carbocycles. The average molecular weight is 259 g/mol. The van der Waals surface area contributed by atoms with Crippen molar-refractivity contribution in [3.05, 3.63) is 47.5 Å². The second-order valence-corrected chi connectivity index (χ2v) is 4.21. The monoisotopic (exact) mass is 259 g/mol. The highest BCUT2D eigenvalue weighted by atomic mass is 16.4. The molecule has 0 fully saturated rings. The lowest BCUT2D eigenvalue weighted by Crippen LogP contribution is -2.13. The van der Waals surface area contributed by atoms with Gasteiger partial charge in [0.05, 0.1) is 11.9 Å². The lowest BCUT2D eigenvalue weighted by Gasteiger charge is -2.06. The number of nitrogens with one attached hydrogen (secondary N) is 1. The van der Waals surface area contributed by atoms with Gasteiger partial charge in [0.15, 0.2) is 0 Å². The van der Waals surface area contributed by atoms with Gasteiger partial charge in [0, 0.05) is 18.9 Å². The van der Waals surface area contributed by atoms with E-state index in [1.165, 1.54) is 12.4 Å². The number of anilines is 1. The SMILES string of the molecule is Cc1cc(NC(=O)c2cn(C)cn2)ccc1C(=O)O. The van der Waals surface area contributed by atoms with Gasteiger partial charge in [-0.25, -0.2) is 9.78 Å². The van der Waals surface area contributed by atoms with E-state index in [0.717, 1.165) is 0 Å². The first-order valence-electron chi connectivity index (χ1n) is 5.60. The normalized spacial score (nSPS) is 10.2. The topological polar surface area (TPSA) is 84.2 Å². The number of aromatic nitrogens is 2. The molecule has 0 aliphatic rings. The van der Waals surface area contributed by atoms with Crippen molar-refractivity contribution in [2.75, 3.05) is 5.32 Å². The van der Waals surface area contributed by atoms with Crippen molar-refractivity contribution < 1.29 is 14.7 Å². The molecule has 6 nitrogen and oxygen atoms in total. The maximum absolute atomic E-state index is 11.9. The highest BCUT2D eigenvalue weighted by Gasteiger charge is 2.11. The van der Waals surface area contributed by atoms with Crippen LogP contribution in [0.1, 0.15) is 26.4 Å². The third-order valence-electron chi connectivity index (χ3n) is 2.65. The van der Waals surface area contributed by atoms with E-state index in [1.807, 2.05) is 0 Å². The van der Waals surface area contributed by atoms with Gasteiger partial charge in [0.1, 0.15) is 5.69 Å². The molecule has 2 rings (SSSR count). The predicted molar refractivity (Wildman–Crippen MR) is 69.3 cm³/mol. The second kappa shape index (κ2) is 4.93. The molecule has 1 aromatic heterocycles. The Balaban J connectivity index is 2.18. The predicted octanol–water partition coefficient (Wildman–Crippen LogP) is 1.68. The van der Waals surface area contributed by atoms with Gasteiger partial charge < -0.3 is 15.0 Å². The largest absolute Gasteiger partial charge is 0.478 e. The van der Waals surface area contributed by atoms with Gasteiger partial charge in [-0.3, -0.25) is 4.79 Å². The van der Waals surface area contributed by atoms with Crippen molar-refractivity contribution in [3.8, 4) is 0 Å². The highest BCUT2D eigenvalue weighted by Crippen LogP contribution is 2.15. The maximum Gasteiger partial charge on any atom is 0.335 e. The van der Waals surface area contributed by atoms with Crippen LogP contribution in [0.5, 0.6) is 0 Å². The van der Waals surface area contributed by atoms with Crippen molar-refractivity contribution in [3.63, 3.8) is 0 Å². The number of carbonyl (C=O) groups is 2. The zero-order chi connectivity index (χ0) is 14.0. The molecule has 0 aliphatic heterocycles. The minimum atomic E-state index is -0.986. The van der Waals surface area contributed by atoms with E-state index < -0.39 is 5.97 Å². The van der Waals surface area contributed by atoms with Crippen LogP contribution in [0, 0.1) is 6.92 Å². The Morgan fingerprint density at radius 1 is 1.37 bits per heavy atom.